The van der Waals surface area contributed by atoms with Crippen LogP contribution in [0.15, 0.2) is 36.4 Å². The van der Waals surface area contributed by atoms with Crippen LogP contribution in [0.25, 0.3) is 11.0 Å². The van der Waals surface area contributed by atoms with Crippen molar-refractivity contribution in [1.82, 2.24) is 14.5 Å². The van der Waals surface area contributed by atoms with Gasteiger partial charge in [-0.2, -0.15) is 0 Å². The fraction of sp³-hybridized carbons (Fsp3) is 0.391. The maximum absolute atomic E-state index is 13.2. The first-order valence-corrected chi connectivity index (χ1v) is 10.3. The number of carbonyl (C=O) groups is 1. The van der Waals surface area contributed by atoms with Gasteiger partial charge in [0.25, 0.3) is 5.91 Å². The molecular weight excluding hydrogens is 364 g/mol. The molecule has 1 saturated heterocycles. The van der Waals surface area contributed by atoms with Crippen molar-refractivity contribution in [2.24, 2.45) is 7.05 Å². The number of benzene rings is 2. The molecule has 0 radical (unpaired) electrons. The van der Waals surface area contributed by atoms with E-state index in [2.05, 4.69) is 59.8 Å². The lowest BCUT2D eigenvalue weighted by Gasteiger charge is -2.30. The molecule has 6 nitrogen and oxygen atoms in total. The van der Waals surface area contributed by atoms with Crippen molar-refractivity contribution in [3.63, 3.8) is 0 Å². The van der Waals surface area contributed by atoms with Crippen LogP contribution in [-0.2, 0) is 24.8 Å². The minimum absolute atomic E-state index is 0.136. The number of morpholine rings is 1. The van der Waals surface area contributed by atoms with Crippen LogP contribution in [0.2, 0.25) is 0 Å². The van der Waals surface area contributed by atoms with Gasteiger partial charge >= 0.3 is 0 Å². The van der Waals surface area contributed by atoms with Crippen molar-refractivity contribution in [3.05, 3.63) is 58.9 Å². The summed E-state index contributed by atoms with van der Waals surface area (Å²) in [5.74, 6) is 1.15. The molecule has 29 heavy (non-hydrogen) atoms. The highest BCUT2D eigenvalue weighted by Gasteiger charge is 2.31. The highest BCUT2D eigenvalue weighted by atomic mass is 16.5. The predicted molar refractivity (Wildman–Crippen MR) is 113 cm³/mol. The Bertz CT molecular complexity index is 1080. The van der Waals surface area contributed by atoms with Crippen LogP contribution >= 0.6 is 0 Å². The predicted octanol–water partition coefficient (Wildman–Crippen LogP) is 2.92. The summed E-state index contributed by atoms with van der Waals surface area (Å²) in [6, 6.07) is 12.6. The Labute approximate surface area is 170 Å². The van der Waals surface area contributed by atoms with Gasteiger partial charge in [-0.1, -0.05) is 18.2 Å². The van der Waals surface area contributed by atoms with Gasteiger partial charge in [-0.15, -0.1) is 0 Å². The molecule has 0 unspecified atom stereocenters. The maximum Gasteiger partial charge on any atom is 0.256 e. The zero-order valence-electron chi connectivity index (χ0n) is 17.0. The van der Waals surface area contributed by atoms with Crippen LogP contribution in [0, 0.1) is 6.92 Å². The number of carbonyl (C=O) groups excluding carboxylic acids is 1. The Morgan fingerprint density at radius 3 is 2.79 bits per heavy atom. The van der Waals surface area contributed by atoms with Gasteiger partial charge in [0, 0.05) is 39.6 Å². The molecule has 5 rings (SSSR count). The number of imidazole rings is 1. The number of amides is 1. The number of hydrogen-bond acceptors (Lipinski definition) is 4. The van der Waals surface area contributed by atoms with E-state index in [0.29, 0.717) is 26.3 Å². The SMILES string of the molecule is Cc1ccc2c(c1)nc(CCN1Cc3cccc(N4CCOCC4)c3C1=O)n2C. The van der Waals surface area contributed by atoms with Gasteiger partial charge in [-0.3, -0.25) is 4.79 Å². The smallest absolute Gasteiger partial charge is 0.256 e. The second kappa shape index (κ2) is 7.19. The summed E-state index contributed by atoms with van der Waals surface area (Å²) in [4.78, 5) is 22.3. The van der Waals surface area contributed by atoms with Crippen LogP contribution in [0.3, 0.4) is 0 Å². The fourth-order valence-corrected chi connectivity index (χ4v) is 4.47. The second-order valence-corrected chi connectivity index (χ2v) is 7.97. The molecule has 0 spiro atoms. The van der Waals surface area contributed by atoms with E-state index in [9.17, 15) is 4.79 Å². The minimum Gasteiger partial charge on any atom is -0.378 e. The number of anilines is 1. The first kappa shape index (κ1) is 18.2. The summed E-state index contributed by atoms with van der Waals surface area (Å²) < 4.78 is 7.61. The third kappa shape index (κ3) is 3.17. The van der Waals surface area contributed by atoms with E-state index < -0.39 is 0 Å². The van der Waals surface area contributed by atoms with Crippen molar-refractivity contribution < 1.29 is 9.53 Å². The molecule has 0 N–H and O–H groups in total. The lowest BCUT2D eigenvalue weighted by molar-refractivity contribution is 0.0779. The van der Waals surface area contributed by atoms with Gasteiger partial charge < -0.3 is 19.1 Å². The molecule has 0 aliphatic carbocycles. The molecule has 6 heteroatoms. The number of aryl methyl sites for hydroxylation is 2. The van der Waals surface area contributed by atoms with Crippen molar-refractivity contribution >= 4 is 22.6 Å². The molecule has 2 aliphatic rings. The summed E-state index contributed by atoms with van der Waals surface area (Å²) in [5.41, 5.74) is 6.42. The normalized spacial score (nSPS) is 16.7. The lowest BCUT2D eigenvalue weighted by atomic mass is 10.1. The van der Waals surface area contributed by atoms with Gasteiger partial charge in [0.05, 0.1) is 35.5 Å². The van der Waals surface area contributed by atoms with Crippen LogP contribution in [0.4, 0.5) is 5.69 Å². The highest BCUT2D eigenvalue weighted by molar-refractivity contribution is 6.03. The Kier molecular flexibility index (Phi) is 4.51. The first-order chi connectivity index (χ1) is 14.1. The molecule has 3 aromatic rings. The third-order valence-corrected chi connectivity index (χ3v) is 6.08. The standard InChI is InChI=1S/C23H26N4O2/c1-16-6-7-19-18(14-16)24-21(25(19)2)8-9-27-15-17-4-3-5-20(22(17)23(27)28)26-10-12-29-13-11-26/h3-7,14H,8-13,15H2,1-2H3. The average molecular weight is 390 g/mol. The monoisotopic (exact) mass is 390 g/mol. The van der Waals surface area contributed by atoms with Crippen molar-refractivity contribution in [3.8, 4) is 0 Å². The number of fused-ring (bicyclic) bond motifs is 2. The highest BCUT2D eigenvalue weighted by Crippen LogP contribution is 2.32. The third-order valence-electron chi connectivity index (χ3n) is 6.08. The summed E-state index contributed by atoms with van der Waals surface area (Å²) in [7, 11) is 2.05. The zero-order valence-corrected chi connectivity index (χ0v) is 17.0. The Balaban J connectivity index is 1.35. The van der Waals surface area contributed by atoms with Gasteiger partial charge in [0.15, 0.2) is 0 Å². The topological polar surface area (TPSA) is 50.6 Å². The van der Waals surface area contributed by atoms with E-state index in [4.69, 9.17) is 9.72 Å². The molecule has 2 aliphatic heterocycles. The number of nitrogens with zero attached hydrogens (tertiary/aromatic N) is 4. The largest absolute Gasteiger partial charge is 0.378 e. The molecule has 0 saturated carbocycles. The fourth-order valence-electron chi connectivity index (χ4n) is 4.47. The van der Waals surface area contributed by atoms with Gasteiger partial charge in [-0.25, -0.2) is 4.98 Å². The maximum atomic E-state index is 13.2. The van der Waals surface area contributed by atoms with Gasteiger partial charge in [0.2, 0.25) is 0 Å². The minimum atomic E-state index is 0.136. The zero-order chi connectivity index (χ0) is 20.0. The molecule has 1 fully saturated rings. The molecule has 2 aromatic carbocycles. The molecule has 0 atom stereocenters. The molecule has 1 aromatic heterocycles. The summed E-state index contributed by atoms with van der Waals surface area (Å²) in [5, 5.41) is 0. The lowest BCUT2D eigenvalue weighted by Crippen LogP contribution is -2.37. The number of aromatic nitrogens is 2. The first-order valence-electron chi connectivity index (χ1n) is 10.3. The van der Waals surface area contributed by atoms with Crippen molar-refractivity contribution in [1.29, 1.82) is 0 Å². The number of rotatable bonds is 4. The van der Waals surface area contributed by atoms with E-state index >= 15 is 0 Å². The van der Waals surface area contributed by atoms with Crippen LogP contribution < -0.4 is 4.90 Å². The molecular formula is C23H26N4O2. The molecule has 1 amide bonds. The van der Waals surface area contributed by atoms with E-state index in [1.54, 1.807) is 0 Å². The van der Waals surface area contributed by atoms with Crippen molar-refractivity contribution in [2.45, 2.75) is 19.9 Å². The summed E-state index contributed by atoms with van der Waals surface area (Å²) >= 11 is 0. The van der Waals surface area contributed by atoms with E-state index in [1.165, 1.54) is 5.56 Å². The van der Waals surface area contributed by atoms with E-state index in [1.807, 2.05) is 4.90 Å². The van der Waals surface area contributed by atoms with Gasteiger partial charge in [0.1, 0.15) is 5.82 Å². The van der Waals surface area contributed by atoms with Crippen LogP contribution in [0.1, 0.15) is 27.3 Å². The molecule has 0 bridgehead atoms. The average Bonchev–Trinajstić information content (AvgIpc) is 3.23. The number of ether oxygens (including phenoxy) is 1. The Morgan fingerprint density at radius 2 is 1.97 bits per heavy atom. The number of hydrogen-bond donors (Lipinski definition) is 0. The van der Waals surface area contributed by atoms with E-state index in [0.717, 1.165) is 53.2 Å². The summed E-state index contributed by atoms with van der Waals surface area (Å²) in [6.45, 7) is 6.54. The van der Waals surface area contributed by atoms with Crippen LogP contribution in [0.5, 0.6) is 0 Å². The van der Waals surface area contributed by atoms with Gasteiger partial charge in [-0.05, 0) is 36.2 Å². The molecule has 3 heterocycles. The Morgan fingerprint density at radius 1 is 1.14 bits per heavy atom. The van der Waals surface area contributed by atoms with Crippen LogP contribution in [-0.4, -0.2) is 53.2 Å². The van der Waals surface area contributed by atoms with Crippen molar-refractivity contribution in [2.75, 3.05) is 37.7 Å². The second-order valence-electron chi connectivity index (χ2n) is 7.97. The quantitative estimate of drug-likeness (QED) is 0.687. The summed E-state index contributed by atoms with van der Waals surface area (Å²) in [6.07, 6.45) is 0.747. The molecule has 150 valence electrons. The Hall–Kier alpha value is -2.86. The van der Waals surface area contributed by atoms with E-state index in [-0.39, 0.29) is 5.91 Å².